The van der Waals surface area contributed by atoms with Gasteiger partial charge in [0.1, 0.15) is 16.9 Å². The summed E-state index contributed by atoms with van der Waals surface area (Å²) in [5.74, 6) is 2.14. The van der Waals surface area contributed by atoms with Crippen LogP contribution in [0.4, 0.5) is 0 Å². The number of benzene rings is 1. The number of H-pyrrole nitrogens is 2. The first kappa shape index (κ1) is 16.4. The topological polar surface area (TPSA) is 83.1 Å². The Balaban J connectivity index is 1.17. The summed E-state index contributed by atoms with van der Waals surface area (Å²) in [6.07, 6.45) is 6.81. The number of hydrogen-bond acceptors (Lipinski definition) is 6. The quantitative estimate of drug-likeness (QED) is 0.274. The number of imidazole rings is 2. The third kappa shape index (κ3) is 3.96. The van der Waals surface area contributed by atoms with Crippen LogP contribution in [0.3, 0.4) is 0 Å². The molecule has 0 aliphatic rings. The Bertz CT molecular complexity index is 931. The number of rotatable bonds is 8. The molecule has 4 rings (SSSR count). The fraction of sp³-hybridized carbons (Fsp3) is 0.294. The van der Waals surface area contributed by atoms with E-state index in [1.54, 1.807) is 36.2 Å². The average Bonchev–Trinajstić information content (AvgIpc) is 3.27. The number of thioether (sulfide) groups is 2. The Morgan fingerprint density at radius 2 is 1.80 bits per heavy atom. The summed E-state index contributed by atoms with van der Waals surface area (Å²) in [6, 6.07) is 8.15. The molecule has 8 heteroatoms. The second-order valence-corrected chi connectivity index (χ2v) is 7.76. The minimum Gasteiger partial charge on any atom is -0.341 e. The molecule has 3 heterocycles. The van der Waals surface area contributed by atoms with Crippen molar-refractivity contribution < 1.29 is 0 Å². The maximum absolute atomic E-state index is 4.59. The Labute approximate surface area is 153 Å². The second-order valence-electron chi connectivity index (χ2n) is 5.60. The van der Waals surface area contributed by atoms with Crippen molar-refractivity contribution in [3.63, 3.8) is 0 Å². The van der Waals surface area contributed by atoms with Crippen LogP contribution in [0.15, 0.2) is 47.1 Å². The molecule has 3 aromatic heterocycles. The van der Waals surface area contributed by atoms with Gasteiger partial charge < -0.3 is 9.97 Å². The SMILES string of the molecule is c1ccc2[nH]c(SCCCCCSc3ncnc4nc[nH]c34)nc2c1. The highest BCUT2D eigenvalue weighted by molar-refractivity contribution is 7.99. The fourth-order valence-corrected chi connectivity index (χ4v) is 4.41. The summed E-state index contributed by atoms with van der Waals surface area (Å²) in [4.78, 5) is 23.7. The molecule has 0 aliphatic carbocycles. The first-order chi connectivity index (χ1) is 12.4. The molecule has 0 aliphatic heterocycles. The molecule has 6 nitrogen and oxygen atoms in total. The van der Waals surface area contributed by atoms with Gasteiger partial charge in [0.25, 0.3) is 0 Å². The second kappa shape index (κ2) is 7.88. The highest BCUT2D eigenvalue weighted by atomic mass is 32.2. The molecule has 128 valence electrons. The molecule has 25 heavy (non-hydrogen) atoms. The molecule has 0 saturated carbocycles. The van der Waals surface area contributed by atoms with Gasteiger partial charge in [-0.1, -0.05) is 30.3 Å². The van der Waals surface area contributed by atoms with Gasteiger partial charge in [-0.05, 0) is 30.7 Å². The van der Waals surface area contributed by atoms with Crippen LogP contribution in [0.25, 0.3) is 22.2 Å². The van der Waals surface area contributed by atoms with Gasteiger partial charge in [-0.25, -0.2) is 19.9 Å². The monoisotopic (exact) mass is 370 g/mol. The summed E-state index contributed by atoms with van der Waals surface area (Å²) >= 11 is 3.56. The first-order valence-corrected chi connectivity index (χ1v) is 10.2. The minimum absolute atomic E-state index is 0.736. The van der Waals surface area contributed by atoms with Crippen molar-refractivity contribution in [2.24, 2.45) is 0 Å². The molecule has 0 saturated heterocycles. The van der Waals surface area contributed by atoms with Crippen molar-refractivity contribution >= 4 is 45.7 Å². The van der Waals surface area contributed by atoms with E-state index in [2.05, 4.69) is 36.0 Å². The van der Waals surface area contributed by atoms with Crippen molar-refractivity contribution in [2.45, 2.75) is 29.4 Å². The van der Waals surface area contributed by atoms with E-state index in [1.165, 1.54) is 19.3 Å². The standard InChI is InChI=1S/C17H18N6S2/c1(4-8-24-16-14-15(19-10-18-14)20-11-21-16)5-9-25-17-22-12-6-2-3-7-13(12)23-17/h2-3,6-7,10-11H,1,4-5,8-9H2,(H,22,23)(H,18,19,20,21). The molecule has 4 aromatic rings. The summed E-state index contributed by atoms with van der Waals surface area (Å²) in [6.45, 7) is 0. The molecular formula is C17H18N6S2. The van der Waals surface area contributed by atoms with Gasteiger partial charge in [-0.3, -0.25) is 0 Å². The van der Waals surface area contributed by atoms with E-state index in [1.807, 2.05) is 18.2 Å². The molecule has 0 spiro atoms. The van der Waals surface area contributed by atoms with Gasteiger partial charge in [-0.15, -0.1) is 11.8 Å². The molecule has 0 atom stereocenters. The lowest BCUT2D eigenvalue weighted by Gasteiger charge is -2.02. The summed E-state index contributed by atoms with van der Waals surface area (Å²) in [5.41, 5.74) is 3.82. The van der Waals surface area contributed by atoms with Crippen LogP contribution in [0.2, 0.25) is 0 Å². The molecule has 0 fully saturated rings. The van der Waals surface area contributed by atoms with Crippen LogP contribution < -0.4 is 0 Å². The van der Waals surface area contributed by atoms with E-state index in [9.17, 15) is 0 Å². The van der Waals surface area contributed by atoms with Gasteiger partial charge >= 0.3 is 0 Å². The van der Waals surface area contributed by atoms with E-state index < -0.39 is 0 Å². The Hall–Kier alpha value is -2.06. The zero-order valence-corrected chi connectivity index (χ0v) is 15.2. The number of nitrogens with zero attached hydrogens (tertiary/aromatic N) is 4. The molecule has 0 unspecified atom stereocenters. The third-order valence-corrected chi connectivity index (χ3v) is 5.86. The molecule has 0 radical (unpaired) electrons. The van der Waals surface area contributed by atoms with E-state index >= 15 is 0 Å². The maximum Gasteiger partial charge on any atom is 0.181 e. The summed E-state index contributed by atoms with van der Waals surface area (Å²) in [5, 5.41) is 2.00. The van der Waals surface area contributed by atoms with Crippen LogP contribution in [0, 0.1) is 0 Å². The van der Waals surface area contributed by atoms with Gasteiger partial charge in [0, 0.05) is 5.75 Å². The minimum atomic E-state index is 0.736. The molecule has 0 bridgehead atoms. The lowest BCUT2D eigenvalue weighted by Crippen LogP contribution is -1.89. The molecular weight excluding hydrogens is 352 g/mol. The van der Waals surface area contributed by atoms with E-state index in [-0.39, 0.29) is 0 Å². The Morgan fingerprint density at radius 1 is 0.920 bits per heavy atom. The summed E-state index contributed by atoms with van der Waals surface area (Å²) < 4.78 is 0. The van der Waals surface area contributed by atoms with Gasteiger partial charge in [0.05, 0.1) is 17.4 Å². The van der Waals surface area contributed by atoms with Crippen molar-refractivity contribution in [3.05, 3.63) is 36.9 Å². The van der Waals surface area contributed by atoms with Crippen LogP contribution in [0.1, 0.15) is 19.3 Å². The van der Waals surface area contributed by atoms with Crippen LogP contribution >= 0.6 is 23.5 Å². The zero-order chi connectivity index (χ0) is 16.9. The van der Waals surface area contributed by atoms with Gasteiger partial charge in [-0.2, -0.15) is 0 Å². The average molecular weight is 371 g/mol. The molecule has 2 N–H and O–H groups in total. The highest BCUT2D eigenvalue weighted by Gasteiger charge is 2.06. The smallest absolute Gasteiger partial charge is 0.181 e. The number of fused-ring (bicyclic) bond motifs is 2. The van der Waals surface area contributed by atoms with Gasteiger partial charge in [0.2, 0.25) is 0 Å². The normalized spacial score (nSPS) is 11.5. The van der Waals surface area contributed by atoms with Crippen LogP contribution in [-0.2, 0) is 0 Å². The summed E-state index contributed by atoms with van der Waals surface area (Å²) in [7, 11) is 0. The lowest BCUT2D eigenvalue weighted by atomic mass is 10.3. The maximum atomic E-state index is 4.59. The van der Waals surface area contributed by atoms with Crippen molar-refractivity contribution in [2.75, 3.05) is 11.5 Å². The van der Waals surface area contributed by atoms with Crippen molar-refractivity contribution in [1.29, 1.82) is 0 Å². The van der Waals surface area contributed by atoms with Crippen molar-refractivity contribution in [3.8, 4) is 0 Å². The molecule has 0 amide bonds. The number of hydrogen-bond donors (Lipinski definition) is 2. The fourth-order valence-electron chi connectivity index (χ4n) is 2.57. The molecule has 1 aromatic carbocycles. The number of nitrogens with one attached hydrogen (secondary N) is 2. The Kier molecular flexibility index (Phi) is 5.17. The van der Waals surface area contributed by atoms with Crippen LogP contribution in [-0.4, -0.2) is 41.4 Å². The number of aromatic nitrogens is 6. The lowest BCUT2D eigenvalue weighted by molar-refractivity contribution is 0.784. The Morgan fingerprint density at radius 3 is 2.72 bits per heavy atom. The third-order valence-electron chi connectivity index (χ3n) is 3.82. The zero-order valence-electron chi connectivity index (χ0n) is 13.6. The number of para-hydroxylation sites is 2. The highest BCUT2D eigenvalue weighted by Crippen LogP contribution is 2.24. The predicted octanol–water partition coefficient (Wildman–Crippen LogP) is 4.28. The van der Waals surface area contributed by atoms with Crippen LogP contribution in [0.5, 0.6) is 0 Å². The van der Waals surface area contributed by atoms with Crippen molar-refractivity contribution in [1.82, 2.24) is 29.9 Å². The van der Waals surface area contributed by atoms with E-state index in [0.717, 1.165) is 43.9 Å². The predicted molar refractivity (Wildman–Crippen MR) is 103 cm³/mol. The van der Waals surface area contributed by atoms with Gasteiger partial charge in [0.15, 0.2) is 10.8 Å². The number of unbranched alkanes of at least 4 members (excludes halogenated alkanes) is 2. The largest absolute Gasteiger partial charge is 0.341 e. The first-order valence-electron chi connectivity index (χ1n) is 8.24. The number of aromatic amines is 2. The van der Waals surface area contributed by atoms with E-state index in [4.69, 9.17) is 0 Å². The van der Waals surface area contributed by atoms with E-state index in [0.29, 0.717) is 0 Å².